The van der Waals surface area contributed by atoms with Crippen LogP contribution in [0.15, 0.2) is 531 Å². The van der Waals surface area contributed by atoms with E-state index in [1.807, 2.05) is 6.07 Å². The second-order valence-electron chi connectivity index (χ2n) is 37.1. The van der Waals surface area contributed by atoms with Crippen LogP contribution in [0, 0.1) is 0 Å². The van der Waals surface area contributed by atoms with Gasteiger partial charge in [0, 0.05) is 72.4 Å². The lowest BCUT2D eigenvalue weighted by atomic mass is 9.64. The van der Waals surface area contributed by atoms with Crippen molar-refractivity contribution in [3.8, 4) is 100 Å². The SMILES string of the molecule is c1ccc(-c2ccc(-c3ccccc3N(c3ccc(-c4ccc(-c5cccc(N6c7ccccc7C7(c8ccccc8-c8ccc(N(c9ccc(-c%10cccc%11oc%12ccccc%12c%10%11)cc9)c9ccccc9-c9ccc(-c%10ccccc%10)cc9)cc87)c7ccccc76)c5)c5oc6ccccc6c45)cc3)c3ccc4c(c3)C3(c5ccccc5-4)c4ccccc4N(c4ccccc4)c4ccccc43)cc2)cc1. The van der Waals surface area contributed by atoms with Gasteiger partial charge in [-0.3, -0.25) is 0 Å². The smallest absolute Gasteiger partial charge is 0.143 e. The van der Waals surface area contributed by atoms with Crippen molar-refractivity contribution in [1.29, 1.82) is 0 Å². The predicted octanol–water partition coefficient (Wildman–Crippen LogP) is 36.4. The highest BCUT2D eigenvalue weighted by atomic mass is 16.3. The molecule has 0 N–H and O–H groups in total. The van der Waals surface area contributed by atoms with Crippen molar-refractivity contribution in [2.75, 3.05) is 19.6 Å². The Kier molecular flexibility index (Phi) is 18.4. The Morgan fingerprint density at radius 3 is 0.971 bits per heavy atom. The van der Waals surface area contributed by atoms with Crippen molar-refractivity contribution in [2.24, 2.45) is 0 Å². The first-order chi connectivity index (χ1) is 69.5. The van der Waals surface area contributed by atoms with Gasteiger partial charge in [-0.05, 0) is 261 Å². The van der Waals surface area contributed by atoms with E-state index < -0.39 is 10.8 Å². The van der Waals surface area contributed by atoms with Crippen LogP contribution in [-0.4, -0.2) is 0 Å². The van der Waals surface area contributed by atoms with Crippen LogP contribution in [-0.2, 0) is 10.8 Å². The molecule has 140 heavy (non-hydrogen) atoms. The van der Waals surface area contributed by atoms with E-state index in [-0.39, 0.29) is 0 Å². The Balaban J connectivity index is 0.567. The van der Waals surface area contributed by atoms with Gasteiger partial charge in [-0.15, -0.1) is 0 Å². The molecule has 0 amide bonds. The van der Waals surface area contributed by atoms with Crippen molar-refractivity contribution in [2.45, 2.75) is 10.8 Å². The topological polar surface area (TPSA) is 39.2 Å². The number of furan rings is 2. The first kappa shape index (κ1) is 80.1. The van der Waals surface area contributed by atoms with Crippen molar-refractivity contribution < 1.29 is 8.83 Å². The molecule has 2 aromatic heterocycles. The molecule has 0 saturated heterocycles. The largest absolute Gasteiger partial charge is 0.456 e. The van der Waals surface area contributed by atoms with Gasteiger partial charge in [0.25, 0.3) is 0 Å². The summed E-state index contributed by atoms with van der Waals surface area (Å²) < 4.78 is 13.8. The number of hydrogen-bond acceptors (Lipinski definition) is 6. The van der Waals surface area contributed by atoms with Gasteiger partial charge in [-0.25, -0.2) is 0 Å². The lowest BCUT2D eigenvalue weighted by molar-refractivity contribution is 0.669. The van der Waals surface area contributed by atoms with Crippen LogP contribution in [0.25, 0.3) is 144 Å². The zero-order chi connectivity index (χ0) is 92.1. The maximum atomic E-state index is 7.32. The standard InChI is InChI=1S/C134H86N4O2/c1-4-32-87(33-5-1)89-62-66-91(67-63-89)102-40-12-22-53-121(102)135(97-74-70-93(71-75-97)104-46-31-61-129-130(104)111-44-14-28-59-127(111)139-129)101-79-81-110-108-43-11-17-48-114(108)134(120(110)86-101)117-51-20-26-57-125(117)138(126-58-27-21-52-118(126)134)99-39-30-36-95(84-99)106-83-82-105(131-112-45-15-29-60-128(112)140-132(106)131)94-72-76-98(77-73-94)136(122-54-23-13-41-103(122)92-68-64-90(65-69-92)88-34-6-2-7-35-88)100-78-80-109-107-42-10-16-47-113(107)133(119(109)85-100)115-49-18-24-55-123(115)137(96-37-8-3-9-38-96)124-56-25-19-50-116(124)133/h1-86H. The highest BCUT2D eigenvalue weighted by Crippen LogP contribution is 2.67. The monoisotopic (exact) mass is 1780 g/mol. The molecule has 6 nitrogen and oxygen atoms in total. The Morgan fingerprint density at radius 2 is 0.479 bits per heavy atom. The van der Waals surface area contributed by atoms with Crippen LogP contribution in [0.4, 0.5) is 68.2 Å². The molecule has 2 aliphatic heterocycles. The van der Waals surface area contributed by atoms with E-state index in [9.17, 15) is 0 Å². The minimum atomic E-state index is -0.773. The normalized spacial score (nSPS) is 13.1. The fraction of sp³-hybridized carbons (Fsp3) is 0.0149. The van der Waals surface area contributed by atoms with Gasteiger partial charge in [0.15, 0.2) is 0 Å². The summed E-state index contributed by atoms with van der Waals surface area (Å²) in [7, 11) is 0. The molecule has 24 aromatic rings. The lowest BCUT2D eigenvalue weighted by Crippen LogP contribution is -2.36. The molecule has 654 valence electrons. The van der Waals surface area contributed by atoms with Gasteiger partial charge >= 0.3 is 0 Å². The summed E-state index contributed by atoms with van der Waals surface area (Å²) in [5.41, 5.74) is 45.2. The highest BCUT2D eigenvalue weighted by Gasteiger charge is 2.54. The molecule has 22 aromatic carbocycles. The fourth-order valence-electron chi connectivity index (χ4n) is 23.9. The minimum Gasteiger partial charge on any atom is -0.456 e. The third-order valence-corrected chi connectivity index (χ3v) is 29.9. The number of nitrogens with zero attached hydrogens (tertiary/aromatic N) is 4. The van der Waals surface area contributed by atoms with Crippen molar-refractivity contribution in [3.05, 3.63) is 566 Å². The molecule has 4 aliphatic rings. The maximum absolute atomic E-state index is 7.32. The van der Waals surface area contributed by atoms with Gasteiger partial charge < -0.3 is 28.4 Å². The van der Waals surface area contributed by atoms with Gasteiger partial charge in [-0.2, -0.15) is 0 Å². The number of fused-ring (bicyclic) bond motifs is 24. The number of benzene rings is 22. The number of para-hydroxylation sites is 9. The number of hydrogen-bond donors (Lipinski definition) is 0. The zero-order valence-corrected chi connectivity index (χ0v) is 76.3. The van der Waals surface area contributed by atoms with Crippen LogP contribution < -0.4 is 19.6 Å². The quantitative estimate of drug-likeness (QED) is 0.102. The molecular weight excluding hydrogens is 1700 g/mol. The Bertz CT molecular complexity index is 8980. The molecule has 2 aliphatic carbocycles. The van der Waals surface area contributed by atoms with Gasteiger partial charge in [0.05, 0.1) is 45.0 Å². The Morgan fingerprint density at radius 1 is 0.171 bits per heavy atom. The average molecular weight is 1780 g/mol. The molecule has 2 spiro atoms. The molecule has 0 unspecified atom stereocenters. The van der Waals surface area contributed by atoms with Crippen LogP contribution in [0.1, 0.15) is 44.5 Å². The summed E-state index contributed by atoms with van der Waals surface area (Å²) in [6.07, 6.45) is 0. The first-order valence-electron chi connectivity index (χ1n) is 48.2. The summed E-state index contributed by atoms with van der Waals surface area (Å²) >= 11 is 0. The van der Waals surface area contributed by atoms with Crippen molar-refractivity contribution in [3.63, 3.8) is 0 Å². The van der Waals surface area contributed by atoms with E-state index in [0.29, 0.717) is 0 Å². The van der Waals surface area contributed by atoms with Gasteiger partial charge in [0.2, 0.25) is 0 Å². The Hall–Kier alpha value is -18.4. The summed E-state index contributed by atoms with van der Waals surface area (Å²) in [6.45, 7) is 0. The molecule has 0 bridgehead atoms. The molecule has 28 rings (SSSR count). The third-order valence-electron chi connectivity index (χ3n) is 29.9. The second-order valence-corrected chi connectivity index (χ2v) is 37.1. The van der Waals surface area contributed by atoms with Crippen molar-refractivity contribution >= 4 is 112 Å². The van der Waals surface area contributed by atoms with Crippen molar-refractivity contribution in [1.82, 2.24) is 0 Å². The second kappa shape index (κ2) is 32.2. The number of anilines is 12. The van der Waals surface area contributed by atoms with E-state index in [4.69, 9.17) is 8.83 Å². The summed E-state index contributed by atoms with van der Waals surface area (Å²) in [6, 6.07) is 193. The van der Waals surface area contributed by atoms with E-state index in [0.717, 1.165) is 168 Å². The van der Waals surface area contributed by atoms with Crippen LogP contribution in [0.2, 0.25) is 0 Å². The summed E-state index contributed by atoms with van der Waals surface area (Å²) in [4.78, 5) is 9.94. The average Bonchev–Trinajstić information content (AvgIpc) is 1.50. The molecule has 0 fully saturated rings. The van der Waals surface area contributed by atoms with Crippen LogP contribution in [0.3, 0.4) is 0 Å². The zero-order valence-electron chi connectivity index (χ0n) is 76.3. The first-order valence-corrected chi connectivity index (χ1v) is 48.2. The van der Waals surface area contributed by atoms with E-state index in [1.54, 1.807) is 0 Å². The van der Waals surface area contributed by atoms with Crippen LogP contribution >= 0.6 is 0 Å². The Labute approximate surface area is 812 Å². The number of rotatable bonds is 15. The molecule has 6 heteroatoms. The maximum Gasteiger partial charge on any atom is 0.143 e. The molecule has 0 atom stereocenters. The van der Waals surface area contributed by atoms with Crippen LogP contribution in [0.5, 0.6) is 0 Å². The molecule has 0 radical (unpaired) electrons. The predicted molar refractivity (Wildman–Crippen MR) is 580 cm³/mol. The highest BCUT2D eigenvalue weighted by molar-refractivity contribution is 6.17. The van der Waals surface area contributed by atoms with Gasteiger partial charge in [-0.1, -0.05) is 388 Å². The fourth-order valence-corrected chi connectivity index (χ4v) is 23.9. The minimum absolute atomic E-state index is 0.684. The van der Waals surface area contributed by atoms with E-state index in [2.05, 4.69) is 535 Å². The summed E-state index contributed by atoms with van der Waals surface area (Å²) in [5.74, 6) is 0. The van der Waals surface area contributed by atoms with E-state index >= 15 is 0 Å². The molecular formula is C134H86N4O2. The van der Waals surface area contributed by atoms with E-state index in [1.165, 1.54) is 89.0 Å². The summed E-state index contributed by atoms with van der Waals surface area (Å²) in [5, 5.41) is 4.32. The lowest BCUT2D eigenvalue weighted by Gasteiger charge is -2.45. The molecule has 0 saturated carbocycles. The third kappa shape index (κ3) is 12.3. The van der Waals surface area contributed by atoms with Gasteiger partial charge in [0.1, 0.15) is 22.3 Å². The molecule has 4 heterocycles.